The van der Waals surface area contributed by atoms with Gasteiger partial charge in [-0.15, -0.1) is 0 Å². The summed E-state index contributed by atoms with van der Waals surface area (Å²) in [4.78, 5) is 27.4. The number of likely N-dealkylation sites (tertiary alicyclic amines) is 1. The van der Waals surface area contributed by atoms with Crippen molar-refractivity contribution in [2.75, 3.05) is 30.8 Å². The van der Waals surface area contributed by atoms with E-state index in [1.54, 1.807) is 6.20 Å². The Hall–Kier alpha value is -3.82. The van der Waals surface area contributed by atoms with Crippen LogP contribution in [0.1, 0.15) is 59.8 Å². The van der Waals surface area contributed by atoms with Crippen LogP contribution < -0.4 is 10.6 Å². The van der Waals surface area contributed by atoms with Gasteiger partial charge < -0.3 is 15.5 Å². The Balaban J connectivity index is 1.10. The number of likely N-dealkylation sites (N-methyl/N-ethyl adjacent to an activating group) is 1. The number of benzene rings is 2. The molecule has 2 aliphatic rings. The van der Waals surface area contributed by atoms with Crippen molar-refractivity contribution in [2.24, 2.45) is 0 Å². The fraction of sp³-hybridized carbons (Fsp3) is 0.419. The highest BCUT2D eigenvalue weighted by molar-refractivity contribution is 6.04. The Kier molecular flexibility index (Phi) is 7.25. The molecule has 2 aromatic carbocycles. The van der Waals surface area contributed by atoms with E-state index in [4.69, 9.17) is 0 Å². The third-order valence-corrected chi connectivity index (χ3v) is 8.38. The minimum atomic E-state index is -0.102. The lowest BCUT2D eigenvalue weighted by Gasteiger charge is -2.39. The molecular formula is C31H38N8O. The SMILES string of the molecule is CCn1cc2ncc(N[C@@H](C)c3cccc(NC(=O)c4ccc(CN5[C@@H]6CC[C@H]5CN(C)C6)c(C)c4)c3)nc2n1. The van der Waals surface area contributed by atoms with Gasteiger partial charge >= 0.3 is 0 Å². The fourth-order valence-electron chi connectivity index (χ4n) is 6.14. The summed E-state index contributed by atoms with van der Waals surface area (Å²) in [6.45, 7) is 10.2. The number of piperazine rings is 1. The molecule has 4 heterocycles. The Labute approximate surface area is 235 Å². The first-order valence-electron chi connectivity index (χ1n) is 14.3. The van der Waals surface area contributed by atoms with Gasteiger partial charge in [0.1, 0.15) is 11.3 Å². The molecule has 6 rings (SSSR count). The van der Waals surface area contributed by atoms with Gasteiger partial charge in [-0.3, -0.25) is 14.4 Å². The number of aromatic nitrogens is 4. The van der Waals surface area contributed by atoms with E-state index in [0.29, 0.717) is 29.1 Å². The van der Waals surface area contributed by atoms with Crippen LogP contribution in [0.25, 0.3) is 11.2 Å². The molecule has 2 N–H and O–H groups in total. The molecule has 0 saturated carbocycles. The van der Waals surface area contributed by atoms with Gasteiger partial charge in [-0.2, -0.15) is 5.10 Å². The van der Waals surface area contributed by atoms with Gasteiger partial charge in [-0.1, -0.05) is 18.2 Å². The van der Waals surface area contributed by atoms with E-state index in [9.17, 15) is 4.79 Å². The second kappa shape index (κ2) is 11.0. The largest absolute Gasteiger partial charge is 0.362 e. The molecule has 3 atom stereocenters. The third-order valence-electron chi connectivity index (χ3n) is 8.38. The van der Waals surface area contributed by atoms with Gasteiger partial charge in [-0.25, -0.2) is 9.97 Å². The number of nitrogens with zero attached hydrogens (tertiary/aromatic N) is 6. The predicted molar refractivity (Wildman–Crippen MR) is 158 cm³/mol. The molecule has 2 aromatic heterocycles. The Morgan fingerprint density at radius 2 is 1.93 bits per heavy atom. The summed E-state index contributed by atoms with van der Waals surface area (Å²) >= 11 is 0. The van der Waals surface area contributed by atoms with Crippen molar-refractivity contribution >= 4 is 28.6 Å². The number of aryl methyl sites for hydroxylation is 2. The van der Waals surface area contributed by atoms with Crippen molar-refractivity contribution in [1.29, 1.82) is 0 Å². The molecule has 0 aliphatic carbocycles. The molecule has 208 valence electrons. The topological polar surface area (TPSA) is 91.2 Å². The van der Waals surface area contributed by atoms with E-state index < -0.39 is 0 Å². The number of anilines is 2. The first-order valence-corrected chi connectivity index (χ1v) is 14.3. The first-order chi connectivity index (χ1) is 19.4. The number of carbonyl (C=O) groups excluding carboxylic acids is 1. The van der Waals surface area contributed by atoms with Crippen LogP contribution in [0.4, 0.5) is 11.5 Å². The van der Waals surface area contributed by atoms with Gasteiger partial charge in [0.25, 0.3) is 5.91 Å². The van der Waals surface area contributed by atoms with Crippen molar-refractivity contribution in [3.63, 3.8) is 0 Å². The number of carbonyl (C=O) groups is 1. The van der Waals surface area contributed by atoms with Crippen LogP contribution in [0.3, 0.4) is 0 Å². The molecule has 2 bridgehead atoms. The van der Waals surface area contributed by atoms with E-state index in [1.165, 1.54) is 24.0 Å². The lowest BCUT2D eigenvalue weighted by Crippen LogP contribution is -2.51. The fourth-order valence-corrected chi connectivity index (χ4v) is 6.14. The summed E-state index contributed by atoms with van der Waals surface area (Å²) in [5.41, 5.74) is 6.34. The summed E-state index contributed by atoms with van der Waals surface area (Å²) < 4.78 is 1.83. The quantitative estimate of drug-likeness (QED) is 0.331. The number of hydrogen-bond donors (Lipinski definition) is 2. The highest BCUT2D eigenvalue weighted by Crippen LogP contribution is 2.32. The summed E-state index contributed by atoms with van der Waals surface area (Å²) in [7, 11) is 2.23. The molecule has 9 nitrogen and oxygen atoms in total. The number of hydrogen-bond acceptors (Lipinski definition) is 7. The van der Waals surface area contributed by atoms with E-state index >= 15 is 0 Å². The zero-order valence-electron chi connectivity index (χ0n) is 23.8. The van der Waals surface area contributed by atoms with Crippen molar-refractivity contribution in [2.45, 2.75) is 64.8 Å². The molecule has 2 fully saturated rings. The molecule has 0 radical (unpaired) electrons. The van der Waals surface area contributed by atoms with Crippen LogP contribution in [0.5, 0.6) is 0 Å². The van der Waals surface area contributed by atoms with Crippen molar-refractivity contribution in [3.8, 4) is 0 Å². The van der Waals surface area contributed by atoms with Crippen molar-refractivity contribution < 1.29 is 4.79 Å². The average Bonchev–Trinajstić information content (AvgIpc) is 3.46. The van der Waals surface area contributed by atoms with Gasteiger partial charge in [0.15, 0.2) is 0 Å². The van der Waals surface area contributed by atoms with E-state index in [2.05, 4.69) is 62.5 Å². The zero-order chi connectivity index (χ0) is 27.8. The minimum Gasteiger partial charge on any atom is -0.362 e. The van der Waals surface area contributed by atoms with Crippen LogP contribution in [0.2, 0.25) is 0 Å². The number of rotatable bonds is 8. The van der Waals surface area contributed by atoms with Crippen LogP contribution in [0, 0.1) is 6.92 Å². The van der Waals surface area contributed by atoms with Crippen molar-refractivity contribution in [3.05, 3.63) is 77.1 Å². The number of nitrogens with one attached hydrogen (secondary N) is 2. The monoisotopic (exact) mass is 538 g/mol. The molecule has 9 heteroatoms. The molecule has 4 aromatic rings. The normalized spacial score (nSPS) is 20.1. The maximum atomic E-state index is 13.2. The minimum absolute atomic E-state index is 0.0386. The second-order valence-electron chi connectivity index (χ2n) is 11.3. The summed E-state index contributed by atoms with van der Waals surface area (Å²) in [6, 6.07) is 15.3. The first kappa shape index (κ1) is 26.4. The lowest BCUT2D eigenvalue weighted by atomic mass is 10.0. The molecule has 2 saturated heterocycles. The molecule has 2 aliphatic heterocycles. The number of amides is 1. The average molecular weight is 539 g/mol. The zero-order valence-corrected chi connectivity index (χ0v) is 23.8. The Morgan fingerprint density at radius 3 is 2.67 bits per heavy atom. The van der Waals surface area contributed by atoms with Crippen LogP contribution >= 0.6 is 0 Å². The van der Waals surface area contributed by atoms with Gasteiger partial charge in [0.2, 0.25) is 5.65 Å². The Morgan fingerprint density at radius 1 is 1.12 bits per heavy atom. The van der Waals surface area contributed by atoms with Crippen LogP contribution in [0.15, 0.2) is 54.9 Å². The Bertz CT molecular complexity index is 1520. The smallest absolute Gasteiger partial charge is 0.255 e. The van der Waals surface area contributed by atoms with E-state index in [0.717, 1.165) is 42.9 Å². The lowest BCUT2D eigenvalue weighted by molar-refractivity contribution is 0.0758. The molecule has 40 heavy (non-hydrogen) atoms. The highest BCUT2D eigenvalue weighted by Gasteiger charge is 2.38. The molecule has 0 spiro atoms. The van der Waals surface area contributed by atoms with E-state index in [-0.39, 0.29) is 11.9 Å². The van der Waals surface area contributed by atoms with Crippen molar-refractivity contribution in [1.82, 2.24) is 29.5 Å². The van der Waals surface area contributed by atoms with Gasteiger partial charge in [0, 0.05) is 49.5 Å². The maximum absolute atomic E-state index is 13.2. The molecular weight excluding hydrogens is 500 g/mol. The summed E-state index contributed by atoms with van der Waals surface area (Å²) in [6.07, 6.45) is 6.20. The number of fused-ring (bicyclic) bond motifs is 3. The van der Waals surface area contributed by atoms with E-state index in [1.807, 2.05) is 54.2 Å². The maximum Gasteiger partial charge on any atom is 0.255 e. The van der Waals surface area contributed by atoms with Crippen LogP contribution in [-0.4, -0.2) is 67.7 Å². The van der Waals surface area contributed by atoms with Crippen LogP contribution in [-0.2, 0) is 13.1 Å². The molecule has 0 unspecified atom stereocenters. The second-order valence-corrected chi connectivity index (χ2v) is 11.3. The summed E-state index contributed by atoms with van der Waals surface area (Å²) in [5, 5.41) is 10.9. The highest BCUT2D eigenvalue weighted by atomic mass is 16.1. The third kappa shape index (κ3) is 5.44. The van der Waals surface area contributed by atoms with Gasteiger partial charge in [0.05, 0.1) is 18.4 Å². The van der Waals surface area contributed by atoms with Gasteiger partial charge in [-0.05, 0) is 81.6 Å². The molecule has 1 amide bonds. The standard InChI is InChI=1S/C31H38N8O/c1-5-38-19-28-30(36-38)35-29(15-32-28)33-21(3)22-7-6-8-25(14-22)34-31(40)23-9-10-24(20(2)13-23)16-39-26-11-12-27(39)18-37(4)17-26/h6-10,13-15,19,21,26-27H,5,11-12,16-18H2,1-4H3,(H,34,40)(H,33,35,36)/t21-,26-,27+/m0/s1. The summed E-state index contributed by atoms with van der Waals surface area (Å²) in [5.74, 6) is 0.561. The predicted octanol–water partition coefficient (Wildman–Crippen LogP) is 4.86.